The number of aryl methyl sites for hydroxylation is 3. The first kappa shape index (κ1) is 20.7. The summed E-state index contributed by atoms with van der Waals surface area (Å²) >= 11 is 0. The van der Waals surface area contributed by atoms with Crippen LogP contribution in [0.25, 0.3) is 0 Å². The fourth-order valence-corrected chi connectivity index (χ4v) is 5.95. The monoisotopic (exact) mass is 429 g/mol. The summed E-state index contributed by atoms with van der Waals surface area (Å²) in [6.07, 6.45) is 2.50. The van der Waals surface area contributed by atoms with Crippen molar-refractivity contribution in [3.05, 3.63) is 77.2 Å². The van der Waals surface area contributed by atoms with Crippen molar-refractivity contribution in [2.45, 2.75) is 56.5 Å². The molecule has 1 aliphatic rings. The lowest BCUT2D eigenvalue weighted by Gasteiger charge is -2.30. The molecule has 1 saturated heterocycles. The third-order valence-corrected chi connectivity index (χ3v) is 7.54. The van der Waals surface area contributed by atoms with Gasteiger partial charge in [0, 0.05) is 19.4 Å². The van der Waals surface area contributed by atoms with E-state index in [0.29, 0.717) is 37.4 Å². The zero-order chi connectivity index (χ0) is 21.3. The predicted octanol–water partition coefficient (Wildman–Crippen LogP) is 4.35. The van der Waals surface area contributed by atoms with E-state index in [9.17, 15) is 12.8 Å². The van der Waals surface area contributed by atoms with Gasteiger partial charge in [-0.1, -0.05) is 35.0 Å². The highest BCUT2D eigenvalue weighted by molar-refractivity contribution is 7.89. The van der Waals surface area contributed by atoms with Gasteiger partial charge in [0.05, 0.1) is 10.9 Å². The lowest BCUT2D eigenvalue weighted by Crippen LogP contribution is -2.37. The summed E-state index contributed by atoms with van der Waals surface area (Å²) in [4.78, 5) is 4.49. The minimum Gasteiger partial charge on any atom is -0.340 e. The van der Waals surface area contributed by atoms with Gasteiger partial charge in [0.15, 0.2) is 5.82 Å². The second kappa shape index (κ2) is 8.28. The van der Waals surface area contributed by atoms with Crippen LogP contribution < -0.4 is 0 Å². The molecule has 2 atom stereocenters. The fraction of sp³-hybridized carbons (Fsp3) is 0.364. The highest BCUT2D eigenvalue weighted by Crippen LogP contribution is 2.42. The molecule has 2 heterocycles. The van der Waals surface area contributed by atoms with Crippen molar-refractivity contribution >= 4 is 10.0 Å². The molecule has 1 aliphatic heterocycles. The molecule has 0 N–H and O–H groups in total. The van der Waals surface area contributed by atoms with Crippen LogP contribution in [-0.2, 0) is 16.4 Å². The molecular formula is C22H24FN3O3S. The van der Waals surface area contributed by atoms with Gasteiger partial charge in [-0.05, 0) is 56.0 Å². The molecule has 1 fully saturated rings. The van der Waals surface area contributed by atoms with Crippen LogP contribution >= 0.6 is 0 Å². The maximum absolute atomic E-state index is 13.6. The Morgan fingerprint density at radius 3 is 2.40 bits per heavy atom. The molecule has 2 unspecified atom stereocenters. The molecule has 30 heavy (non-hydrogen) atoms. The van der Waals surface area contributed by atoms with Crippen LogP contribution in [0.15, 0.2) is 57.9 Å². The van der Waals surface area contributed by atoms with E-state index in [1.165, 1.54) is 12.1 Å². The van der Waals surface area contributed by atoms with E-state index >= 15 is 0 Å². The molecule has 1 aromatic heterocycles. The quantitative estimate of drug-likeness (QED) is 0.582. The minimum absolute atomic E-state index is 0.204. The fourth-order valence-electron chi connectivity index (χ4n) is 4.06. The number of rotatable bonds is 6. The third kappa shape index (κ3) is 4.15. The van der Waals surface area contributed by atoms with Gasteiger partial charge in [-0.2, -0.15) is 9.29 Å². The largest absolute Gasteiger partial charge is 0.340 e. The van der Waals surface area contributed by atoms with Crippen LogP contribution in [0.1, 0.15) is 48.1 Å². The van der Waals surface area contributed by atoms with Crippen molar-refractivity contribution in [2.75, 3.05) is 0 Å². The molecule has 8 heteroatoms. The molecule has 0 saturated carbocycles. The van der Waals surface area contributed by atoms with Crippen molar-refractivity contribution in [3.8, 4) is 0 Å². The molecule has 0 bridgehead atoms. The molecule has 2 aromatic carbocycles. The number of sulfonamides is 1. The summed E-state index contributed by atoms with van der Waals surface area (Å²) in [5, 5.41) is 3.92. The van der Waals surface area contributed by atoms with E-state index in [2.05, 4.69) is 10.1 Å². The van der Waals surface area contributed by atoms with Crippen LogP contribution in [0.2, 0.25) is 0 Å². The first-order valence-electron chi connectivity index (χ1n) is 9.99. The zero-order valence-electron chi connectivity index (χ0n) is 17.0. The van der Waals surface area contributed by atoms with Crippen molar-refractivity contribution < 1.29 is 17.3 Å². The number of hydrogen-bond donors (Lipinski definition) is 0. The molecule has 6 nitrogen and oxygen atoms in total. The second-order valence-corrected chi connectivity index (χ2v) is 9.56. The predicted molar refractivity (Wildman–Crippen MR) is 110 cm³/mol. The highest BCUT2D eigenvalue weighted by atomic mass is 32.2. The van der Waals surface area contributed by atoms with Crippen LogP contribution in [-0.4, -0.2) is 28.9 Å². The highest BCUT2D eigenvalue weighted by Gasteiger charge is 2.42. The van der Waals surface area contributed by atoms with Gasteiger partial charge in [0.1, 0.15) is 5.82 Å². The normalized spacial score (nSPS) is 20.0. The maximum atomic E-state index is 13.6. The van der Waals surface area contributed by atoms with Crippen molar-refractivity contribution in [1.29, 1.82) is 0 Å². The molecule has 0 amide bonds. The summed E-state index contributed by atoms with van der Waals surface area (Å²) in [5.41, 5.74) is 1.79. The molecular weight excluding hydrogens is 405 g/mol. The Kier molecular flexibility index (Phi) is 5.71. The lowest BCUT2D eigenvalue weighted by molar-refractivity contribution is 0.310. The van der Waals surface area contributed by atoms with E-state index in [4.69, 9.17) is 4.52 Å². The Balaban J connectivity index is 1.67. The molecule has 0 spiro atoms. The van der Waals surface area contributed by atoms with E-state index in [-0.39, 0.29) is 22.8 Å². The Morgan fingerprint density at radius 1 is 1.07 bits per heavy atom. The number of aromatic nitrogens is 2. The number of benzene rings is 2. The smallest absolute Gasteiger partial charge is 0.243 e. The van der Waals surface area contributed by atoms with Crippen molar-refractivity contribution in [1.82, 2.24) is 14.4 Å². The van der Waals surface area contributed by atoms with Gasteiger partial charge in [-0.15, -0.1) is 0 Å². The zero-order valence-corrected chi connectivity index (χ0v) is 17.8. The first-order valence-corrected chi connectivity index (χ1v) is 11.4. The van der Waals surface area contributed by atoms with E-state index in [1.54, 1.807) is 47.6 Å². The Labute approximate surface area is 175 Å². The second-order valence-electron chi connectivity index (χ2n) is 7.71. The Hall–Kier alpha value is -2.58. The Morgan fingerprint density at radius 2 is 1.77 bits per heavy atom. The lowest BCUT2D eigenvalue weighted by atomic mass is 10.0. The summed E-state index contributed by atoms with van der Waals surface area (Å²) in [5.74, 6) is 0.726. The van der Waals surface area contributed by atoms with Crippen LogP contribution in [0.4, 0.5) is 4.39 Å². The van der Waals surface area contributed by atoms with Gasteiger partial charge in [-0.25, -0.2) is 12.8 Å². The first-order chi connectivity index (χ1) is 14.3. The maximum Gasteiger partial charge on any atom is 0.243 e. The Bertz CT molecular complexity index is 1110. The van der Waals surface area contributed by atoms with Crippen molar-refractivity contribution in [2.24, 2.45) is 0 Å². The van der Waals surface area contributed by atoms with Crippen molar-refractivity contribution in [3.63, 3.8) is 0 Å². The number of nitrogens with zero attached hydrogens (tertiary/aromatic N) is 3. The topological polar surface area (TPSA) is 76.3 Å². The van der Waals surface area contributed by atoms with Gasteiger partial charge in [0.2, 0.25) is 15.9 Å². The number of halogens is 1. The summed E-state index contributed by atoms with van der Waals surface area (Å²) < 4.78 is 47.3. The minimum atomic E-state index is -3.74. The van der Waals surface area contributed by atoms with Gasteiger partial charge in [-0.3, -0.25) is 0 Å². The van der Waals surface area contributed by atoms with E-state index < -0.39 is 10.0 Å². The SMILES string of the molecule is Cc1ccc(S(=O)(=O)N2C(CCc3noc(C)n3)CCC2c2ccc(F)cc2)cc1. The molecule has 4 rings (SSSR count). The molecule has 3 aromatic rings. The number of hydrogen-bond acceptors (Lipinski definition) is 5. The van der Waals surface area contributed by atoms with Gasteiger partial charge in [0.25, 0.3) is 0 Å². The van der Waals surface area contributed by atoms with Crippen LogP contribution in [0, 0.1) is 19.7 Å². The standard InChI is InChI=1S/C22H24FN3O3S/c1-15-3-11-20(12-4-15)30(27,28)26-19(10-14-22-24-16(2)29-25-22)9-13-21(26)17-5-7-18(23)8-6-17/h3-8,11-12,19,21H,9-10,13-14H2,1-2H3. The van der Waals surface area contributed by atoms with Gasteiger partial charge < -0.3 is 4.52 Å². The average Bonchev–Trinajstić information content (AvgIpc) is 3.34. The molecule has 158 valence electrons. The molecule has 0 aliphatic carbocycles. The van der Waals surface area contributed by atoms with Gasteiger partial charge >= 0.3 is 0 Å². The summed E-state index contributed by atoms with van der Waals surface area (Å²) in [6.45, 7) is 3.65. The summed E-state index contributed by atoms with van der Waals surface area (Å²) in [7, 11) is -3.74. The van der Waals surface area contributed by atoms with E-state index in [0.717, 1.165) is 11.1 Å². The van der Waals surface area contributed by atoms with E-state index in [1.807, 2.05) is 6.92 Å². The van der Waals surface area contributed by atoms with Crippen LogP contribution in [0.3, 0.4) is 0 Å². The average molecular weight is 430 g/mol. The van der Waals surface area contributed by atoms with Crippen LogP contribution in [0.5, 0.6) is 0 Å². The third-order valence-electron chi connectivity index (χ3n) is 5.56. The molecule has 0 radical (unpaired) electrons. The summed E-state index contributed by atoms with van der Waals surface area (Å²) in [6, 6.07) is 12.4.